The minimum Gasteiger partial charge on any atom is -0.306 e. The van der Waals surface area contributed by atoms with Gasteiger partial charge in [0.25, 0.3) is 0 Å². The smallest absolute Gasteiger partial charge is 0.137 e. The first-order valence-corrected chi connectivity index (χ1v) is 18.9. The molecule has 1 aliphatic rings. The fourth-order valence-electron chi connectivity index (χ4n) is 9.24. The van der Waals surface area contributed by atoms with Gasteiger partial charge in [-0.1, -0.05) is 158 Å². The lowest BCUT2D eigenvalue weighted by molar-refractivity contribution is 1.19. The number of imidazole rings is 1. The number of fused-ring (bicyclic) bond motifs is 7. The van der Waals surface area contributed by atoms with Gasteiger partial charge in [-0.2, -0.15) is 0 Å². The van der Waals surface area contributed by atoms with E-state index in [0.29, 0.717) is 0 Å². The van der Waals surface area contributed by atoms with Gasteiger partial charge in [-0.15, -0.1) is 0 Å². The highest BCUT2D eigenvalue weighted by Crippen LogP contribution is 2.58. The molecule has 0 fully saturated rings. The summed E-state index contributed by atoms with van der Waals surface area (Å²) >= 11 is 0. The Morgan fingerprint density at radius 3 is 1.53 bits per heavy atom. The van der Waals surface area contributed by atoms with Gasteiger partial charge in [0.05, 0.1) is 5.69 Å². The first kappa shape index (κ1) is 30.2. The van der Waals surface area contributed by atoms with Crippen LogP contribution >= 0.6 is 0 Å². The second-order valence-electron chi connectivity index (χ2n) is 14.7. The van der Waals surface area contributed by atoms with E-state index in [0.717, 1.165) is 16.9 Å². The molecule has 2 heteroatoms. The van der Waals surface area contributed by atoms with E-state index in [1.54, 1.807) is 0 Å². The van der Waals surface area contributed by atoms with E-state index >= 15 is 0 Å². The molecule has 12 rings (SSSR count). The van der Waals surface area contributed by atoms with Crippen molar-refractivity contribution in [3.8, 4) is 66.9 Å². The summed E-state index contributed by atoms with van der Waals surface area (Å²) in [5.74, 6) is 0. The summed E-state index contributed by atoms with van der Waals surface area (Å²) in [4.78, 5) is 4.88. The predicted molar refractivity (Wildman–Crippen MR) is 231 cm³/mol. The lowest BCUT2D eigenvalue weighted by Gasteiger charge is -2.21. The number of hydrogen-bond acceptors (Lipinski definition) is 1. The third-order valence-corrected chi connectivity index (χ3v) is 11.7. The maximum Gasteiger partial charge on any atom is 0.137 e. The van der Waals surface area contributed by atoms with Crippen LogP contribution in [0.4, 0.5) is 0 Å². The summed E-state index contributed by atoms with van der Waals surface area (Å²) in [6.07, 6.45) is 4.15. The summed E-state index contributed by atoms with van der Waals surface area (Å²) in [5, 5.41) is 10.1. The van der Waals surface area contributed by atoms with Gasteiger partial charge < -0.3 is 4.40 Å². The highest BCUT2D eigenvalue weighted by molar-refractivity contribution is 6.29. The average molecular weight is 697 g/mol. The predicted octanol–water partition coefficient (Wildman–Crippen LogP) is 14.3. The first-order valence-electron chi connectivity index (χ1n) is 18.9. The summed E-state index contributed by atoms with van der Waals surface area (Å²) in [7, 11) is 0. The molecule has 0 amide bonds. The van der Waals surface area contributed by atoms with E-state index in [2.05, 4.69) is 174 Å². The lowest BCUT2D eigenvalue weighted by Crippen LogP contribution is -1.94. The number of nitrogens with zero attached hydrogens (tertiary/aromatic N) is 2. The topological polar surface area (TPSA) is 17.3 Å². The van der Waals surface area contributed by atoms with Crippen molar-refractivity contribution in [2.75, 3.05) is 0 Å². The average Bonchev–Trinajstić information content (AvgIpc) is 3.83. The molecule has 2 heterocycles. The van der Waals surface area contributed by atoms with Crippen molar-refractivity contribution < 1.29 is 0 Å². The van der Waals surface area contributed by atoms with E-state index in [4.69, 9.17) is 4.98 Å². The Morgan fingerprint density at radius 2 is 0.873 bits per heavy atom. The van der Waals surface area contributed by atoms with E-state index in [9.17, 15) is 0 Å². The summed E-state index contributed by atoms with van der Waals surface area (Å²) < 4.78 is 2.08. The van der Waals surface area contributed by atoms with E-state index < -0.39 is 0 Å². The number of hydrogen-bond donors (Lipinski definition) is 0. The molecule has 254 valence electrons. The van der Waals surface area contributed by atoms with Crippen LogP contribution in [0, 0.1) is 0 Å². The SMILES string of the molecule is c1ccc2cc(-c3c4c(c(-c5ccc6ccccc6c5)c5ccccc35)-c3ccc(-c5ccc(-c6cn7ccccc7n6)cc5)c5cccc-4c35)ccc2c1. The first-order chi connectivity index (χ1) is 27.3. The molecule has 0 unspecified atom stereocenters. The van der Waals surface area contributed by atoms with Crippen molar-refractivity contribution in [2.45, 2.75) is 0 Å². The van der Waals surface area contributed by atoms with Crippen molar-refractivity contribution in [3.63, 3.8) is 0 Å². The van der Waals surface area contributed by atoms with Crippen LogP contribution in [0.1, 0.15) is 0 Å². The Labute approximate surface area is 318 Å². The number of benzene rings is 9. The molecule has 0 aliphatic heterocycles. The maximum absolute atomic E-state index is 4.88. The van der Waals surface area contributed by atoms with Crippen LogP contribution in [-0.2, 0) is 0 Å². The highest BCUT2D eigenvalue weighted by Gasteiger charge is 2.31. The van der Waals surface area contributed by atoms with Gasteiger partial charge in [0.2, 0.25) is 0 Å². The molecule has 2 nitrogen and oxygen atoms in total. The second kappa shape index (κ2) is 11.6. The van der Waals surface area contributed by atoms with E-state index in [1.807, 2.05) is 24.4 Å². The molecule has 9 aromatic carbocycles. The third kappa shape index (κ3) is 4.52. The molecule has 55 heavy (non-hydrogen) atoms. The van der Waals surface area contributed by atoms with Crippen LogP contribution in [-0.4, -0.2) is 9.38 Å². The van der Waals surface area contributed by atoms with Gasteiger partial charge in [-0.25, -0.2) is 4.98 Å². The van der Waals surface area contributed by atoms with Crippen molar-refractivity contribution >= 4 is 48.7 Å². The van der Waals surface area contributed by atoms with Crippen molar-refractivity contribution in [3.05, 3.63) is 194 Å². The monoisotopic (exact) mass is 696 g/mol. The van der Waals surface area contributed by atoms with Crippen LogP contribution in [0.2, 0.25) is 0 Å². The third-order valence-electron chi connectivity index (χ3n) is 11.7. The molecule has 0 bridgehead atoms. The zero-order chi connectivity index (χ0) is 36.0. The summed E-state index contributed by atoms with van der Waals surface area (Å²) in [5.41, 5.74) is 15.8. The fourth-order valence-corrected chi connectivity index (χ4v) is 9.24. The zero-order valence-corrected chi connectivity index (χ0v) is 29.9. The van der Waals surface area contributed by atoms with Gasteiger partial charge >= 0.3 is 0 Å². The van der Waals surface area contributed by atoms with Crippen LogP contribution in [0.3, 0.4) is 0 Å². The van der Waals surface area contributed by atoms with Gasteiger partial charge in [0.1, 0.15) is 5.65 Å². The molecule has 2 aromatic heterocycles. The zero-order valence-electron chi connectivity index (χ0n) is 29.9. The molecule has 0 radical (unpaired) electrons. The van der Waals surface area contributed by atoms with Crippen LogP contribution in [0.5, 0.6) is 0 Å². The largest absolute Gasteiger partial charge is 0.306 e. The molecule has 0 saturated carbocycles. The molecule has 1 aliphatic carbocycles. The normalized spacial score (nSPS) is 12.0. The summed E-state index contributed by atoms with van der Waals surface area (Å²) in [6, 6.07) is 67.0. The Balaban J connectivity index is 1.13. The highest BCUT2D eigenvalue weighted by atomic mass is 15.0. The van der Waals surface area contributed by atoms with Crippen molar-refractivity contribution in [1.82, 2.24) is 9.38 Å². The van der Waals surface area contributed by atoms with E-state index in [1.165, 1.54) is 98.7 Å². The molecule has 11 aromatic rings. The molecule has 0 atom stereocenters. The number of pyridine rings is 1. The molecule has 0 N–H and O–H groups in total. The minimum atomic E-state index is 0.951. The Morgan fingerprint density at radius 1 is 0.345 bits per heavy atom. The van der Waals surface area contributed by atoms with Gasteiger partial charge in [0, 0.05) is 18.0 Å². The molecule has 0 saturated heterocycles. The minimum absolute atomic E-state index is 0.951. The second-order valence-corrected chi connectivity index (χ2v) is 14.7. The van der Waals surface area contributed by atoms with Gasteiger partial charge in [-0.3, -0.25) is 0 Å². The number of aromatic nitrogens is 2. The Bertz CT molecular complexity index is 3200. The fraction of sp³-hybridized carbons (Fsp3) is 0. The maximum atomic E-state index is 4.88. The quantitative estimate of drug-likeness (QED) is 0.179. The van der Waals surface area contributed by atoms with Crippen LogP contribution < -0.4 is 0 Å². The lowest BCUT2D eigenvalue weighted by atomic mass is 9.82. The van der Waals surface area contributed by atoms with Gasteiger partial charge in [0.15, 0.2) is 0 Å². The molecular weight excluding hydrogens is 665 g/mol. The van der Waals surface area contributed by atoms with Crippen LogP contribution in [0.15, 0.2) is 194 Å². The van der Waals surface area contributed by atoms with E-state index in [-0.39, 0.29) is 0 Å². The Kier molecular flexibility index (Phi) is 6.37. The van der Waals surface area contributed by atoms with Crippen molar-refractivity contribution in [1.29, 1.82) is 0 Å². The standard InChI is InChI=1S/C53H32N2/c1-3-12-37-30-39(25-19-33(37)10-1)49-43-14-5-6-15-44(43)50(40-26-20-34-11-2-4-13-38(34)31-40)53-46-28-27-41(42-16-9-17-45(51(42)46)52(49)53)35-21-23-36(24-22-35)47-32-55-29-8-7-18-48(55)54-47/h1-32H. The Hall–Kier alpha value is -7.29. The van der Waals surface area contributed by atoms with Gasteiger partial charge in [-0.05, 0) is 123 Å². The number of rotatable bonds is 4. The molecule has 0 spiro atoms. The summed E-state index contributed by atoms with van der Waals surface area (Å²) in [6.45, 7) is 0. The van der Waals surface area contributed by atoms with Crippen LogP contribution in [0.25, 0.3) is 116 Å². The molecular formula is C53H32N2. The van der Waals surface area contributed by atoms with Crippen molar-refractivity contribution in [2.24, 2.45) is 0 Å².